The molecule has 0 aromatic heterocycles. The normalized spacial score (nSPS) is 36.2. The van der Waals surface area contributed by atoms with Crippen LogP contribution in [0.15, 0.2) is 4.41 Å². The van der Waals surface area contributed by atoms with Crippen LogP contribution < -0.4 is 0 Å². The summed E-state index contributed by atoms with van der Waals surface area (Å²) >= 11 is 7.65. The van der Waals surface area contributed by atoms with Gasteiger partial charge in [0.05, 0.1) is 5.60 Å². The monoisotopic (exact) mass is 464 g/mol. The molecule has 158 valence electrons. The van der Waals surface area contributed by atoms with Crippen LogP contribution in [0, 0.1) is 17.8 Å². The maximum absolute atomic E-state index is 7.65. The Morgan fingerprint density at radius 2 is 1.19 bits per heavy atom. The number of nitrogens with zero attached hydrogens (tertiary/aromatic N) is 2. The van der Waals surface area contributed by atoms with E-state index in [1.54, 1.807) is 0 Å². The summed E-state index contributed by atoms with van der Waals surface area (Å²) < 4.78 is 15.4. The van der Waals surface area contributed by atoms with E-state index < -0.39 is 31.5 Å². The van der Waals surface area contributed by atoms with Crippen molar-refractivity contribution < 1.29 is 4.52 Å². The van der Waals surface area contributed by atoms with E-state index in [1.165, 1.54) is 38.5 Å². The van der Waals surface area contributed by atoms with E-state index in [0.717, 1.165) is 17.8 Å². The summed E-state index contributed by atoms with van der Waals surface area (Å²) in [4.78, 5) is 0. The SMILES string of the molecule is C[Si](C)(C)N=P(Cl)(OC12CC3CC(CC(C3)C1)C2)N([Si](C)(C)C)[Si](C)(C)C. The molecule has 3 nitrogen and oxygen atoms in total. The molecule has 0 saturated heterocycles. The standard InChI is InChI=1S/C19H42ClN2OPSi3/c1-25(2,3)21-24(20,22(26(4,5)6)27(7,8)9)23-19-13-16-10-17(14-19)12-18(11-16)15-19/h16-18H,10-15H2,1-9H3. The van der Waals surface area contributed by atoms with Gasteiger partial charge in [0.2, 0.25) is 6.78 Å². The lowest BCUT2D eigenvalue weighted by molar-refractivity contribution is -0.104. The molecule has 0 spiro atoms. The maximum Gasteiger partial charge on any atom is 0.224 e. The minimum atomic E-state index is -2.48. The van der Waals surface area contributed by atoms with Crippen molar-refractivity contribution in [3.8, 4) is 0 Å². The lowest BCUT2D eigenvalue weighted by Gasteiger charge is -2.59. The molecule has 0 aliphatic heterocycles. The van der Waals surface area contributed by atoms with Gasteiger partial charge in [-0.05, 0) is 87.2 Å². The van der Waals surface area contributed by atoms with E-state index >= 15 is 0 Å². The molecule has 1 atom stereocenters. The fraction of sp³-hybridized carbons (Fsp3) is 1.00. The summed E-state index contributed by atoms with van der Waals surface area (Å²) in [6.45, 7) is 19.1. The third-order valence-electron chi connectivity index (χ3n) is 6.23. The van der Waals surface area contributed by atoms with Crippen molar-refractivity contribution in [1.29, 1.82) is 0 Å². The molecule has 0 aromatic rings. The van der Waals surface area contributed by atoms with Crippen LogP contribution >= 0.6 is 18.0 Å². The topological polar surface area (TPSA) is 24.8 Å². The predicted molar refractivity (Wildman–Crippen MR) is 129 cm³/mol. The Kier molecular flexibility index (Phi) is 5.96. The van der Waals surface area contributed by atoms with Gasteiger partial charge in [0, 0.05) is 0 Å². The van der Waals surface area contributed by atoms with Gasteiger partial charge in [0.15, 0.2) is 8.24 Å². The number of rotatable bonds is 6. The first-order valence-corrected chi connectivity index (χ1v) is 23.7. The fourth-order valence-corrected chi connectivity index (χ4v) is 32.5. The van der Waals surface area contributed by atoms with Crippen molar-refractivity contribution >= 4 is 42.7 Å². The van der Waals surface area contributed by atoms with Crippen LogP contribution in [0.5, 0.6) is 0 Å². The minimum absolute atomic E-state index is 0.0188. The van der Waals surface area contributed by atoms with Gasteiger partial charge >= 0.3 is 0 Å². The number of halogens is 1. The van der Waals surface area contributed by atoms with E-state index in [-0.39, 0.29) is 5.60 Å². The zero-order valence-electron chi connectivity index (χ0n) is 19.1. The van der Waals surface area contributed by atoms with Crippen LogP contribution in [0.3, 0.4) is 0 Å². The van der Waals surface area contributed by atoms with Gasteiger partial charge in [-0.2, -0.15) is 0 Å². The molecular weight excluding hydrogens is 423 g/mol. The minimum Gasteiger partial charge on any atom is -0.316 e. The van der Waals surface area contributed by atoms with Crippen LogP contribution in [-0.4, -0.2) is 34.3 Å². The van der Waals surface area contributed by atoms with Crippen molar-refractivity contribution in [2.24, 2.45) is 22.2 Å². The Hall–Kier alpha value is 1.09. The van der Waals surface area contributed by atoms with Crippen LogP contribution in [0.1, 0.15) is 38.5 Å². The van der Waals surface area contributed by atoms with Crippen molar-refractivity contribution in [3.05, 3.63) is 0 Å². The summed E-state index contributed by atoms with van der Waals surface area (Å²) in [7, 11) is -5.08. The first-order valence-electron chi connectivity index (χ1n) is 10.9. The van der Waals surface area contributed by atoms with Crippen molar-refractivity contribution in [2.75, 3.05) is 0 Å². The highest BCUT2D eigenvalue weighted by Gasteiger charge is 2.56. The van der Waals surface area contributed by atoms with Crippen LogP contribution in [0.25, 0.3) is 0 Å². The zero-order chi connectivity index (χ0) is 20.5. The predicted octanol–water partition coefficient (Wildman–Crippen LogP) is 7.96. The average molecular weight is 465 g/mol. The Balaban J connectivity index is 2.05. The molecule has 4 fully saturated rings. The fourth-order valence-electron chi connectivity index (χ4n) is 6.61. The van der Waals surface area contributed by atoms with Gasteiger partial charge in [0.25, 0.3) is 0 Å². The molecule has 1 unspecified atom stereocenters. The molecule has 27 heavy (non-hydrogen) atoms. The third kappa shape index (κ3) is 5.05. The molecule has 0 amide bonds. The Labute approximate surface area is 176 Å². The van der Waals surface area contributed by atoms with Crippen LogP contribution in [0.4, 0.5) is 0 Å². The Bertz CT molecular complexity index is 587. The van der Waals surface area contributed by atoms with E-state index in [9.17, 15) is 0 Å². The highest BCUT2D eigenvalue weighted by atomic mass is 35.7. The Morgan fingerprint density at radius 3 is 1.48 bits per heavy atom. The second-order valence-electron chi connectivity index (χ2n) is 12.6. The summed E-state index contributed by atoms with van der Waals surface area (Å²) in [5.74, 6) is 2.63. The van der Waals surface area contributed by atoms with E-state index in [0.29, 0.717) is 0 Å². The second-order valence-corrected chi connectivity index (χ2v) is 31.4. The lowest BCUT2D eigenvalue weighted by Crippen LogP contribution is -2.58. The first kappa shape index (κ1) is 22.8. The van der Waals surface area contributed by atoms with E-state index in [1.807, 2.05) is 0 Å². The van der Waals surface area contributed by atoms with Crippen LogP contribution in [-0.2, 0) is 4.52 Å². The first-order chi connectivity index (χ1) is 12.0. The van der Waals surface area contributed by atoms with Gasteiger partial charge in [-0.15, -0.1) is 0 Å². The number of hydrogen-bond donors (Lipinski definition) is 0. The van der Waals surface area contributed by atoms with Crippen molar-refractivity contribution in [2.45, 2.75) is 103 Å². The average Bonchev–Trinajstić information content (AvgIpc) is 2.27. The van der Waals surface area contributed by atoms with Crippen molar-refractivity contribution in [1.82, 2.24) is 4.00 Å². The van der Waals surface area contributed by atoms with Crippen LogP contribution in [0.2, 0.25) is 58.9 Å². The highest BCUT2D eigenvalue weighted by Crippen LogP contribution is 2.70. The molecular formula is C19H42ClN2OPSi3. The second kappa shape index (κ2) is 7.06. The maximum atomic E-state index is 7.65. The van der Waals surface area contributed by atoms with Gasteiger partial charge in [-0.3, -0.25) is 8.41 Å². The molecule has 4 aliphatic carbocycles. The quantitative estimate of drug-likeness (QED) is 0.294. The molecule has 4 rings (SSSR count). The summed E-state index contributed by atoms with van der Waals surface area (Å²) in [6.07, 6.45) is 8.02. The molecule has 4 saturated carbocycles. The molecule has 0 radical (unpaired) electrons. The molecule has 4 aliphatic rings. The smallest absolute Gasteiger partial charge is 0.224 e. The lowest BCUT2D eigenvalue weighted by atomic mass is 9.54. The Morgan fingerprint density at radius 1 is 0.815 bits per heavy atom. The molecule has 0 aromatic carbocycles. The molecule has 8 heteroatoms. The summed E-state index contributed by atoms with van der Waals surface area (Å²) in [5, 5.41) is 0. The van der Waals surface area contributed by atoms with E-state index in [2.05, 4.69) is 62.9 Å². The van der Waals surface area contributed by atoms with Gasteiger partial charge in [-0.25, -0.2) is 0 Å². The number of hydrogen-bond acceptors (Lipinski definition) is 2. The molecule has 4 bridgehead atoms. The molecule has 0 N–H and O–H groups in total. The largest absolute Gasteiger partial charge is 0.316 e. The van der Waals surface area contributed by atoms with E-state index in [4.69, 9.17) is 20.2 Å². The highest BCUT2D eigenvalue weighted by molar-refractivity contribution is 7.88. The van der Waals surface area contributed by atoms with Gasteiger partial charge in [0.1, 0.15) is 16.5 Å². The molecule has 0 heterocycles. The summed E-state index contributed by atoms with van der Waals surface area (Å²) in [6, 6.07) is 0. The van der Waals surface area contributed by atoms with Crippen molar-refractivity contribution in [3.63, 3.8) is 0 Å². The van der Waals surface area contributed by atoms with Gasteiger partial charge < -0.3 is 4.52 Å². The van der Waals surface area contributed by atoms with Gasteiger partial charge in [-0.1, -0.05) is 39.3 Å². The third-order valence-corrected chi connectivity index (χ3v) is 24.6. The zero-order valence-corrected chi connectivity index (χ0v) is 23.8. The summed E-state index contributed by atoms with van der Waals surface area (Å²) in [5.41, 5.74) is 0.0188.